The lowest BCUT2D eigenvalue weighted by Crippen LogP contribution is -2.23. The van der Waals surface area contributed by atoms with Crippen LogP contribution in [0.2, 0.25) is 0 Å². The van der Waals surface area contributed by atoms with Gasteiger partial charge in [-0.15, -0.1) is 0 Å². The minimum absolute atomic E-state index is 0.0358. The van der Waals surface area contributed by atoms with Crippen molar-refractivity contribution in [2.24, 2.45) is 0 Å². The Morgan fingerprint density at radius 1 is 1.28 bits per heavy atom. The van der Waals surface area contributed by atoms with Crippen LogP contribution in [-0.2, 0) is 4.79 Å². The van der Waals surface area contributed by atoms with Gasteiger partial charge in [0.05, 0.1) is 0 Å². The molecule has 0 spiro atoms. The van der Waals surface area contributed by atoms with Crippen LogP contribution in [0.5, 0.6) is 5.75 Å². The van der Waals surface area contributed by atoms with Gasteiger partial charge in [-0.1, -0.05) is 18.2 Å². The van der Waals surface area contributed by atoms with Crippen molar-refractivity contribution < 1.29 is 9.53 Å². The number of hydrogen-bond donors (Lipinski definition) is 0. The number of ketones is 1. The Morgan fingerprint density at radius 2 is 1.83 bits per heavy atom. The van der Waals surface area contributed by atoms with Gasteiger partial charge in [0, 0.05) is 26.4 Å². The number of aryl methyl sites for hydroxylation is 2. The molecule has 0 heterocycles. The molecule has 0 aliphatic rings. The normalized spacial score (nSPS) is 12.5. The van der Waals surface area contributed by atoms with E-state index >= 15 is 0 Å². The van der Waals surface area contributed by atoms with Gasteiger partial charge in [-0.05, 0) is 31.9 Å². The number of carbonyl (C=O) groups is 1. The van der Waals surface area contributed by atoms with Crippen LogP contribution >= 0.6 is 0 Å². The van der Waals surface area contributed by atoms with E-state index in [1.165, 1.54) is 6.08 Å². The van der Waals surface area contributed by atoms with E-state index in [1.54, 1.807) is 13.1 Å². The predicted molar refractivity (Wildman–Crippen MR) is 73.8 cm³/mol. The monoisotopic (exact) mass is 247 g/mol. The van der Waals surface area contributed by atoms with Crippen LogP contribution in [0.3, 0.4) is 0 Å². The molecule has 0 amide bonds. The van der Waals surface area contributed by atoms with E-state index in [1.807, 2.05) is 51.0 Å². The molecule has 0 radical (unpaired) electrons. The number of carbonyl (C=O) groups excluding carboxylic acids is 1. The van der Waals surface area contributed by atoms with Gasteiger partial charge in [0.2, 0.25) is 0 Å². The highest BCUT2D eigenvalue weighted by molar-refractivity contribution is 5.93. The van der Waals surface area contributed by atoms with Crippen molar-refractivity contribution in [1.29, 1.82) is 0 Å². The van der Waals surface area contributed by atoms with Crippen LogP contribution in [-0.4, -0.2) is 30.9 Å². The van der Waals surface area contributed by atoms with Crippen molar-refractivity contribution in [1.82, 2.24) is 4.90 Å². The van der Waals surface area contributed by atoms with Crippen LogP contribution in [0.15, 0.2) is 30.5 Å². The first kappa shape index (κ1) is 14.3. The molecule has 0 fully saturated rings. The summed E-state index contributed by atoms with van der Waals surface area (Å²) in [5.41, 5.74) is 2.09. The van der Waals surface area contributed by atoms with Crippen molar-refractivity contribution >= 4 is 5.78 Å². The predicted octanol–water partition coefficient (Wildman–Crippen LogP) is 2.72. The third-order valence-corrected chi connectivity index (χ3v) is 2.64. The summed E-state index contributed by atoms with van der Waals surface area (Å²) >= 11 is 0. The summed E-state index contributed by atoms with van der Waals surface area (Å²) in [5.74, 6) is 0.767. The lowest BCUT2D eigenvalue weighted by Gasteiger charge is -2.16. The molecular weight excluding hydrogens is 226 g/mol. The van der Waals surface area contributed by atoms with Gasteiger partial charge in [0.25, 0.3) is 0 Å². The van der Waals surface area contributed by atoms with E-state index in [9.17, 15) is 4.79 Å². The fraction of sp³-hybridized carbons (Fsp3) is 0.400. The molecule has 0 aliphatic heterocycles. The van der Waals surface area contributed by atoms with Crippen LogP contribution in [0.1, 0.15) is 18.1 Å². The minimum Gasteiger partial charge on any atom is -0.482 e. The van der Waals surface area contributed by atoms with Gasteiger partial charge in [-0.25, -0.2) is 0 Å². The number of benzene rings is 1. The maximum Gasteiger partial charge on any atom is 0.197 e. The van der Waals surface area contributed by atoms with Crippen molar-refractivity contribution in [3.63, 3.8) is 0 Å². The maximum absolute atomic E-state index is 11.8. The molecule has 1 atom stereocenters. The number of rotatable bonds is 5. The molecule has 1 aromatic carbocycles. The van der Waals surface area contributed by atoms with Crippen molar-refractivity contribution in [3.05, 3.63) is 41.6 Å². The fourth-order valence-electron chi connectivity index (χ4n) is 1.58. The molecule has 1 rings (SSSR count). The average Bonchev–Trinajstić information content (AvgIpc) is 2.30. The standard InChI is InChI=1S/C15H21NO2/c1-11-7-6-8-12(2)15(11)18-13(3)14(17)9-10-16(4)5/h6-10,13H,1-5H3/b10-9+/t13-/m0/s1. The third-order valence-electron chi connectivity index (χ3n) is 2.64. The first-order valence-electron chi connectivity index (χ1n) is 6.03. The zero-order valence-electron chi connectivity index (χ0n) is 11.7. The van der Waals surface area contributed by atoms with E-state index in [-0.39, 0.29) is 5.78 Å². The van der Waals surface area contributed by atoms with Gasteiger partial charge >= 0.3 is 0 Å². The Labute approximate surface area is 109 Å². The molecule has 0 unspecified atom stereocenters. The summed E-state index contributed by atoms with van der Waals surface area (Å²) < 4.78 is 5.75. The summed E-state index contributed by atoms with van der Waals surface area (Å²) in [6.07, 6.45) is 2.80. The number of ether oxygens (including phenoxy) is 1. The SMILES string of the molecule is Cc1cccc(C)c1O[C@@H](C)C(=O)/C=C/N(C)C. The quantitative estimate of drug-likeness (QED) is 0.749. The van der Waals surface area contributed by atoms with Gasteiger partial charge in [0.15, 0.2) is 11.9 Å². The Bertz CT molecular complexity index is 430. The fourth-order valence-corrected chi connectivity index (χ4v) is 1.58. The van der Waals surface area contributed by atoms with E-state index in [0.29, 0.717) is 0 Å². The third kappa shape index (κ3) is 3.91. The highest BCUT2D eigenvalue weighted by Crippen LogP contribution is 2.23. The van der Waals surface area contributed by atoms with Crippen molar-refractivity contribution in [2.75, 3.05) is 14.1 Å². The molecule has 18 heavy (non-hydrogen) atoms. The number of para-hydroxylation sites is 1. The number of nitrogens with zero attached hydrogens (tertiary/aromatic N) is 1. The summed E-state index contributed by atoms with van der Waals surface area (Å²) in [7, 11) is 3.75. The first-order valence-corrected chi connectivity index (χ1v) is 6.03. The molecule has 0 N–H and O–H groups in total. The maximum atomic E-state index is 11.8. The second kappa shape index (κ2) is 6.24. The van der Waals surface area contributed by atoms with Crippen LogP contribution < -0.4 is 4.74 Å². The van der Waals surface area contributed by atoms with E-state index < -0.39 is 6.10 Å². The highest BCUT2D eigenvalue weighted by atomic mass is 16.5. The lowest BCUT2D eigenvalue weighted by atomic mass is 10.1. The molecule has 98 valence electrons. The second-order valence-electron chi connectivity index (χ2n) is 4.66. The largest absolute Gasteiger partial charge is 0.482 e. The first-order chi connectivity index (χ1) is 8.41. The highest BCUT2D eigenvalue weighted by Gasteiger charge is 2.14. The molecule has 0 saturated carbocycles. The summed E-state index contributed by atoms with van der Waals surface area (Å²) in [6.45, 7) is 5.73. The summed E-state index contributed by atoms with van der Waals surface area (Å²) in [5, 5.41) is 0. The summed E-state index contributed by atoms with van der Waals surface area (Å²) in [4.78, 5) is 13.7. The van der Waals surface area contributed by atoms with Gasteiger partial charge in [0.1, 0.15) is 5.75 Å². The molecular formula is C15H21NO2. The molecule has 3 heteroatoms. The zero-order valence-corrected chi connectivity index (χ0v) is 11.7. The topological polar surface area (TPSA) is 29.5 Å². The molecule has 0 aromatic heterocycles. The van der Waals surface area contributed by atoms with Crippen LogP contribution in [0.25, 0.3) is 0 Å². The minimum atomic E-state index is -0.471. The van der Waals surface area contributed by atoms with E-state index in [2.05, 4.69) is 0 Å². The Morgan fingerprint density at radius 3 is 2.33 bits per heavy atom. The lowest BCUT2D eigenvalue weighted by molar-refractivity contribution is -0.120. The number of hydrogen-bond acceptors (Lipinski definition) is 3. The van der Waals surface area contributed by atoms with E-state index in [4.69, 9.17) is 4.74 Å². The molecule has 0 aliphatic carbocycles. The molecule has 0 bridgehead atoms. The van der Waals surface area contributed by atoms with Crippen molar-refractivity contribution in [3.8, 4) is 5.75 Å². The smallest absolute Gasteiger partial charge is 0.197 e. The second-order valence-corrected chi connectivity index (χ2v) is 4.66. The van der Waals surface area contributed by atoms with Gasteiger partial charge in [-0.2, -0.15) is 0 Å². The van der Waals surface area contributed by atoms with Crippen LogP contribution in [0, 0.1) is 13.8 Å². The Kier molecular flexibility index (Phi) is 4.95. The zero-order chi connectivity index (χ0) is 13.7. The van der Waals surface area contributed by atoms with Crippen molar-refractivity contribution in [2.45, 2.75) is 26.9 Å². The molecule has 0 saturated heterocycles. The summed E-state index contributed by atoms with van der Waals surface area (Å²) in [6, 6.07) is 5.94. The molecule has 1 aromatic rings. The van der Waals surface area contributed by atoms with Gasteiger partial charge in [-0.3, -0.25) is 4.79 Å². The van der Waals surface area contributed by atoms with E-state index in [0.717, 1.165) is 16.9 Å². The average molecular weight is 247 g/mol. The Hall–Kier alpha value is -1.77. The Balaban J connectivity index is 2.76. The van der Waals surface area contributed by atoms with Crippen LogP contribution in [0.4, 0.5) is 0 Å². The van der Waals surface area contributed by atoms with Gasteiger partial charge < -0.3 is 9.64 Å². The molecule has 3 nitrogen and oxygen atoms in total.